The zero-order valence-electron chi connectivity index (χ0n) is 7.89. The molecule has 1 aromatic rings. The van der Waals surface area contributed by atoms with Crippen molar-refractivity contribution in [1.82, 2.24) is 0 Å². The molecular weight excluding hydrogens is 220 g/mol. The molecule has 0 fully saturated rings. The smallest absolute Gasteiger partial charge is 0.231 e. The SMILES string of the molecule is OC(CCl)C(O)c1cccc2c1OCO2. The van der Waals surface area contributed by atoms with Crippen LogP contribution < -0.4 is 9.47 Å². The molecule has 2 unspecified atom stereocenters. The Morgan fingerprint density at radius 3 is 2.87 bits per heavy atom. The van der Waals surface area contributed by atoms with E-state index in [1.165, 1.54) is 0 Å². The fourth-order valence-corrected chi connectivity index (χ4v) is 1.65. The zero-order chi connectivity index (χ0) is 10.8. The molecule has 4 nitrogen and oxygen atoms in total. The number of benzene rings is 1. The van der Waals surface area contributed by atoms with E-state index in [0.717, 1.165) is 0 Å². The Kier molecular flexibility index (Phi) is 3.00. The molecule has 1 aliphatic rings. The van der Waals surface area contributed by atoms with Crippen molar-refractivity contribution in [2.45, 2.75) is 12.2 Å². The first-order valence-corrected chi connectivity index (χ1v) is 5.08. The summed E-state index contributed by atoms with van der Waals surface area (Å²) in [6.45, 7) is 0.135. The van der Waals surface area contributed by atoms with E-state index in [9.17, 15) is 10.2 Å². The van der Waals surface area contributed by atoms with Crippen LogP contribution in [0.3, 0.4) is 0 Å². The van der Waals surface area contributed by atoms with Gasteiger partial charge in [-0.1, -0.05) is 12.1 Å². The van der Waals surface area contributed by atoms with Crippen molar-refractivity contribution in [2.24, 2.45) is 0 Å². The minimum Gasteiger partial charge on any atom is -0.454 e. The number of alkyl halides is 1. The van der Waals surface area contributed by atoms with E-state index in [2.05, 4.69) is 0 Å². The molecule has 15 heavy (non-hydrogen) atoms. The minimum atomic E-state index is -1.06. The van der Waals surface area contributed by atoms with Crippen molar-refractivity contribution in [1.29, 1.82) is 0 Å². The van der Waals surface area contributed by atoms with Crippen LogP contribution in [-0.2, 0) is 0 Å². The molecule has 0 saturated heterocycles. The average Bonchev–Trinajstić information content (AvgIpc) is 2.74. The lowest BCUT2D eigenvalue weighted by atomic mass is 10.0. The third-order valence-corrected chi connectivity index (χ3v) is 2.58. The van der Waals surface area contributed by atoms with E-state index in [1.54, 1.807) is 18.2 Å². The van der Waals surface area contributed by atoms with Gasteiger partial charge in [0.05, 0.1) is 12.0 Å². The molecule has 0 bridgehead atoms. The van der Waals surface area contributed by atoms with Gasteiger partial charge in [0.1, 0.15) is 6.10 Å². The van der Waals surface area contributed by atoms with Crippen molar-refractivity contribution in [3.05, 3.63) is 23.8 Å². The lowest BCUT2D eigenvalue weighted by Gasteiger charge is -2.16. The summed E-state index contributed by atoms with van der Waals surface area (Å²) in [6, 6.07) is 5.15. The van der Waals surface area contributed by atoms with Crippen molar-refractivity contribution < 1.29 is 19.7 Å². The lowest BCUT2D eigenvalue weighted by molar-refractivity contribution is 0.0308. The Bertz CT molecular complexity index is 355. The monoisotopic (exact) mass is 230 g/mol. The lowest BCUT2D eigenvalue weighted by Crippen LogP contribution is -2.20. The average molecular weight is 231 g/mol. The highest BCUT2D eigenvalue weighted by molar-refractivity contribution is 6.18. The second-order valence-corrected chi connectivity index (χ2v) is 3.56. The van der Waals surface area contributed by atoms with E-state index >= 15 is 0 Å². The molecule has 2 N–H and O–H groups in total. The Morgan fingerprint density at radius 2 is 2.13 bits per heavy atom. The first-order valence-electron chi connectivity index (χ1n) is 4.54. The van der Waals surface area contributed by atoms with Crippen molar-refractivity contribution in [3.63, 3.8) is 0 Å². The molecule has 0 radical (unpaired) electrons. The van der Waals surface area contributed by atoms with Gasteiger partial charge in [-0.25, -0.2) is 0 Å². The summed E-state index contributed by atoms with van der Waals surface area (Å²) in [4.78, 5) is 0. The molecular formula is C10H11ClO4. The second-order valence-electron chi connectivity index (χ2n) is 3.25. The Hall–Kier alpha value is -0.970. The third kappa shape index (κ3) is 1.88. The summed E-state index contributed by atoms with van der Waals surface area (Å²) in [6.07, 6.45) is -2.07. The molecule has 1 aromatic carbocycles. The number of rotatable bonds is 3. The maximum Gasteiger partial charge on any atom is 0.231 e. The van der Waals surface area contributed by atoms with E-state index in [1.807, 2.05) is 0 Å². The highest BCUT2D eigenvalue weighted by atomic mass is 35.5. The highest BCUT2D eigenvalue weighted by Crippen LogP contribution is 2.39. The van der Waals surface area contributed by atoms with Gasteiger partial charge in [-0.05, 0) is 6.07 Å². The van der Waals surface area contributed by atoms with Crippen LogP contribution >= 0.6 is 11.6 Å². The van der Waals surface area contributed by atoms with Gasteiger partial charge in [-0.2, -0.15) is 0 Å². The van der Waals surface area contributed by atoms with Crippen LogP contribution in [0.25, 0.3) is 0 Å². The van der Waals surface area contributed by atoms with Gasteiger partial charge in [-0.3, -0.25) is 0 Å². The van der Waals surface area contributed by atoms with E-state index in [0.29, 0.717) is 17.1 Å². The summed E-state index contributed by atoms with van der Waals surface area (Å²) in [5, 5.41) is 19.2. The standard InChI is InChI=1S/C10H11ClO4/c11-4-7(12)9(13)6-2-1-3-8-10(6)15-5-14-8/h1-3,7,9,12-13H,4-5H2. The number of hydrogen-bond donors (Lipinski definition) is 2. The predicted octanol–water partition coefficient (Wildman–Crippen LogP) is 1.05. The van der Waals surface area contributed by atoms with Crippen molar-refractivity contribution in [3.8, 4) is 11.5 Å². The number of halogens is 1. The van der Waals surface area contributed by atoms with E-state index in [4.69, 9.17) is 21.1 Å². The van der Waals surface area contributed by atoms with Crippen LogP contribution in [0.15, 0.2) is 18.2 Å². The van der Waals surface area contributed by atoms with Gasteiger partial charge >= 0.3 is 0 Å². The number of hydrogen-bond acceptors (Lipinski definition) is 4. The molecule has 0 amide bonds. The number of ether oxygens (including phenoxy) is 2. The van der Waals surface area contributed by atoms with E-state index < -0.39 is 12.2 Å². The largest absolute Gasteiger partial charge is 0.454 e. The topological polar surface area (TPSA) is 58.9 Å². The fraction of sp³-hybridized carbons (Fsp3) is 0.400. The maximum atomic E-state index is 9.78. The van der Waals surface area contributed by atoms with Crippen LogP contribution in [0, 0.1) is 0 Å². The van der Waals surface area contributed by atoms with Gasteiger partial charge in [0.2, 0.25) is 6.79 Å². The normalized spacial score (nSPS) is 17.5. The van der Waals surface area contributed by atoms with Crippen LogP contribution in [0.1, 0.15) is 11.7 Å². The Labute approximate surface area is 92.0 Å². The van der Waals surface area contributed by atoms with Crippen molar-refractivity contribution >= 4 is 11.6 Å². The summed E-state index contributed by atoms with van der Waals surface area (Å²) < 4.78 is 10.4. The van der Waals surface area contributed by atoms with E-state index in [-0.39, 0.29) is 12.7 Å². The first-order chi connectivity index (χ1) is 7.24. The number of aliphatic hydroxyl groups excluding tert-OH is 2. The molecule has 2 rings (SSSR count). The quantitative estimate of drug-likeness (QED) is 0.762. The van der Waals surface area contributed by atoms with Crippen LogP contribution in [0.2, 0.25) is 0 Å². The van der Waals surface area contributed by atoms with Crippen LogP contribution in [0.5, 0.6) is 11.5 Å². The molecule has 2 atom stereocenters. The van der Waals surface area contributed by atoms with Gasteiger partial charge in [-0.15, -0.1) is 11.6 Å². The number of aliphatic hydroxyl groups is 2. The second kappa shape index (κ2) is 4.26. The van der Waals surface area contributed by atoms with Crippen LogP contribution in [-0.4, -0.2) is 29.0 Å². The summed E-state index contributed by atoms with van der Waals surface area (Å²) in [5.41, 5.74) is 0.498. The molecule has 0 aromatic heterocycles. The number of fused-ring (bicyclic) bond motifs is 1. The van der Waals surface area contributed by atoms with Gasteiger partial charge in [0, 0.05) is 5.56 Å². The fourth-order valence-electron chi connectivity index (χ4n) is 1.48. The maximum absolute atomic E-state index is 9.78. The summed E-state index contributed by atoms with van der Waals surface area (Å²) >= 11 is 5.47. The number of para-hydroxylation sites is 1. The molecule has 5 heteroatoms. The van der Waals surface area contributed by atoms with Gasteiger partial charge < -0.3 is 19.7 Å². The molecule has 0 spiro atoms. The molecule has 1 heterocycles. The molecule has 0 saturated carbocycles. The van der Waals surface area contributed by atoms with Gasteiger partial charge in [0.15, 0.2) is 11.5 Å². The minimum absolute atomic E-state index is 0.0360. The summed E-state index contributed by atoms with van der Waals surface area (Å²) in [5.74, 6) is 1.02. The Morgan fingerprint density at radius 1 is 1.33 bits per heavy atom. The third-order valence-electron chi connectivity index (χ3n) is 2.27. The highest BCUT2D eigenvalue weighted by Gasteiger charge is 2.25. The predicted molar refractivity (Wildman–Crippen MR) is 54.3 cm³/mol. The van der Waals surface area contributed by atoms with Crippen LogP contribution in [0.4, 0.5) is 0 Å². The summed E-state index contributed by atoms with van der Waals surface area (Å²) in [7, 11) is 0. The van der Waals surface area contributed by atoms with Gasteiger partial charge in [0.25, 0.3) is 0 Å². The Balaban J connectivity index is 2.32. The first kappa shape index (κ1) is 10.5. The van der Waals surface area contributed by atoms with Crippen molar-refractivity contribution in [2.75, 3.05) is 12.7 Å². The molecule has 82 valence electrons. The molecule has 0 aliphatic carbocycles. The molecule has 1 aliphatic heterocycles. The zero-order valence-corrected chi connectivity index (χ0v) is 8.65.